The van der Waals surface area contributed by atoms with Crippen LogP contribution in [0.2, 0.25) is 0 Å². The summed E-state index contributed by atoms with van der Waals surface area (Å²) in [4.78, 5) is 0. The minimum Gasteiger partial charge on any atom is -0.444 e. The van der Waals surface area contributed by atoms with E-state index >= 15 is 0 Å². The molecular weight excluding hydrogens is 140 g/mol. The zero-order valence-corrected chi connectivity index (χ0v) is 6.87. The van der Waals surface area contributed by atoms with E-state index < -0.39 is 0 Å². The molecule has 62 valence electrons. The van der Waals surface area contributed by atoms with Gasteiger partial charge in [0, 0.05) is 6.07 Å². The molecule has 0 aliphatic carbocycles. The van der Waals surface area contributed by atoms with Gasteiger partial charge < -0.3 is 15.9 Å². The minimum absolute atomic E-state index is 0.0488. The highest BCUT2D eigenvalue weighted by atomic mass is 16.4. The summed E-state index contributed by atoms with van der Waals surface area (Å²) >= 11 is 0. The summed E-state index contributed by atoms with van der Waals surface area (Å²) in [7, 11) is 0. The third-order valence-electron chi connectivity index (χ3n) is 1.69. The first-order chi connectivity index (χ1) is 5.11. The van der Waals surface area contributed by atoms with Crippen LogP contribution in [0.5, 0.6) is 0 Å². The van der Waals surface area contributed by atoms with Crippen LogP contribution in [0.1, 0.15) is 25.6 Å². The van der Waals surface area contributed by atoms with Crippen LogP contribution in [-0.2, 0) is 0 Å². The first kappa shape index (κ1) is 8.14. The lowest BCUT2D eigenvalue weighted by atomic mass is 10.0. The molecule has 0 unspecified atom stereocenters. The molecule has 11 heavy (non-hydrogen) atoms. The van der Waals surface area contributed by atoms with Gasteiger partial charge >= 0.3 is 0 Å². The van der Waals surface area contributed by atoms with Gasteiger partial charge in [0.2, 0.25) is 0 Å². The van der Waals surface area contributed by atoms with Gasteiger partial charge in [-0.3, -0.25) is 0 Å². The van der Waals surface area contributed by atoms with Crippen LogP contribution in [0.4, 0.5) is 5.88 Å². The fourth-order valence-electron chi connectivity index (χ4n) is 0.876. The molecule has 0 aliphatic rings. The molecule has 0 aliphatic heterocycles. The van der Waals surface area contributed by atoms with E-state index in [0.29, 0.717) is 11.8 Å². The molecule has 3 heteroatoms. The van der Waals surface area contributed by atoms with E-state index in [1.54, 1.807) is 6.07 Å². The Labute approximate surface area is 66.4 Å². The zero-order chi connectivity index (χ0) is 8.43. The average Bonchev–Trinajstić information content (AvgIpc) is 2.34. The molecular formula is C8H14N2O. The summed E-state index contributed by atoms with van der Waals surface area (Å²) in [6.45, 7) is 4.09. The van der Waals surface area contributed by atoms with Crippen LogP contribution in [0.25, 0.3) is 0 Å². The molecule has 4 N–H and O–H groups in total. The van der Waals surface area contributed by atoms with Crippen molar-refractivity contribution in [1.29, 1.82) is 0 Å². The van der Waals surface area contributed by atoms with Crippen molar-refractivity contribution < 1.29 is 4.42 Å². The number of nitrogen functional groups attached to an aromatic ring is 1. The van der Waals surface area contributed by atoms with Gasteiger partial charge in [-0.15, -0.1) is 0 Å². The molecule has 0 fully saturated rings. The fraction of sp³-hybridized carbons (Fsp3) is 0.500. The molecule has 1 heterocycles. The summed E-state index contributed by atoms with van der Waals surface area (Å²) in [6, 6.07) is 3.49. The molecule has 1 atom stereocenters. The maximum Gasteiger partial charge on any atom is 0.190 e. The molecule has 3 nitrogen and oxygen atoms in total. The molecule has 0 amide bonds. The lowest BCUT2D eigenvalue weighted by Crippen LogP contribution is -2.15. The molecule has 0 bridgehead atoms. The van der Waals surface area contributed by atoms with E-state index in [9.17, 15) is 0 Å². The Morgan fingerprint density at radius 2 is 2.00 bits per heavy atom. The number of anilines is 1. The maximum absolute atomic E-state index is 5.80. The predicted octanol–water partition coefficient (Wildman–Crippen LogP) is 1.52. The highest BCUT2D eigenvalue weighted by molar-refractivity contribution is 5.26. The van der Waals surface area contributed by atoms with Crippen molar-refractivity contribution in [2.75, 3.05) is 5.73 Å². The number of hydrogen-bond donors (Lipinski definition) is 2. The summed E-state index contributed by atoms with van der Waals surface area (Å²) in [5.74, 6) is 1.56. The van der Waals surface area contributed by atoms with Crippen LogP contribution in [0.3, 0.4) is 0 Å². The lowest BCUT2D eigenvalue weighted by molar-refractivity contribution is 0.410. The van der Waals surface area contributed by atoms with Crippen molar-refractivity contribution in [3.63, 3.8) is 0 Å². The molecule has 1 rings (SSSR count). The van der Waals surface area contributed by atoms with Gasteiger partial charge in [0.05, 0.1) is 6.04 Å². The van der Waals surface area contributed by atoms with E-state index in [4.69, 9.17) is 15.9 Å². The van der Waals surface area contributed by atoms with Gasteiger partial charge in [0.1, 0.15) is 5.76 Å². The van der Waals surface area contributed by atoms with E-state index in [-0.39, 0.29) is 6.04 Å². The fourth-order valence-corrected chi connectivity index (χ4v) is 0.876. The molecule has 0 saturated carbocycles. The van der Waals surface area contributed by atoms with Crippen LogP contribution in [0, 0.1) is 5.92 Å². The van der Waals surface area contributed by atoms with Gasteiger partial charge in [-0.25, -0.2) is 0 Å². The summed E-state index contributed by atoms with van der Waals surface area (Å²) in [6.07, 6.45) is 0. The van der Waals surface area contributed by atoms with Crippen LogP contribution in [0.15, 0.2) is 16.5 Å². The zero-order valence-electron chi connectivity index (χ0n) is 6.87. The topological polar surface area (TPSA) is 65.2 Å². The average molecular weight is 154 g/mol. The number of nitrogens with two attached hydrogens (primary N) is 2. The highest BCUT2D eigenvalue weighted by Gasteiger charge is 2.13. The Morgan fingerprint density at radius 3 is 2.36 bits per heavy atom. The SMILES string of the molecule is CC(C)[C@H](N)c1ccc(N)o1. The first-order valence-corrected chi connectivity index (χ1v) is 3.72. The summed E-state index contributed by atoms with van der Waals surface area (Å²) in [5, 5.41) is 0. The Kier molecular flexibility index (Phi) is 2.19. The van der Waals surface area contributed by atoms with Gasteiger partial charge in [0.25, 0.3) is 0 Å². The molecule has 1 aromatic rings. The number of rotatable bonds is 2. The second kappa shape index (κ2) is 2.96. The monoisotopic (exact) mass is 154 g/mol. The molecule has 0 radical (unpaired) electrons. The van der Waals surface area contributed by atoms with Crippen molar-refractivity contribution >= 4 is 5.88 Å². The molecule has 1 aromatic heterocycles. The summed E-state index contributed by atoms with van der Waals surface area (Å²) < 4.78 is 5.16. The Balaban J connectivity index is 2.76. The minimum atomic E-state index is -0.0488. The van der Waals surface area contributed by atoms with Crippen molar-refractivity contribution in [3.8, 4) is 0 Å². The van der Waals surface area contributed by atoms with Crippen molar-refractivity contribution in [2.45, 2.75) is 19.9 Å². The molecule has 0 aromatic carbocycles. The van der Waals surface area contributed by atoms with Crippen LogP contribution < -0.4 is 11.5 Å². The van der Waals surface area contributed by atoms with Crippen LogP contribution in [-0.4, -0.2) is 0 Å². The third kappa shape index (κ3) is 1.74. The predicted molar refractivity (Wildman–Crippen MR) is 44.9 cm³/mol. The van der Waals surface area contributed by atoms with Crippen LogP contribution >= 0.6 is 0 Å². The molecule has 0 spiro atoms. The van der Waals surface area contributed by atoms with Gasteiger partial charge in [-0.2, -0.15) is 0 Å². The van der Waals surface area contributed by atoms with Gasteiger partial charge in [-0.1, -0.05) is 13.8 Å². The van der Waals surface area contributed by atoms with Crippen molar-refractivity contribution in [1.82, 2.24) is 0 Å². The maximum atomic E-state index is 5.80. The quantitative estimate of drug-likeness (QED) is 0.678. The van der Waals surface area contributed by atoms with Gasteiger partial charge in [-0.05, 0) is 12.0 Å². The van der Waals surface area contributed by atoms with Gasteiger partial charge in [0.15, 0.2) is 5.88 Å². The van der Waals surface area contributed by atoms with E-state index in [1.807, 2.05) is 19.9 Å². The van der Waals surface area contributed by atoms with E-state index in [1.165, 1.54) is 0 Å². The Morgan fingerprint density at radius 1 is 1.36 bits per heavy atom. The standard InChI is InChI=1S/C8H14N2O/c1-5(2)8(10)6-3-4-7(9)11-6/h3-5,8H,9-10H2,1-2H3/t8-/m0/s1. The Hall–Kier alpha value is -0.960. The second-order valence-electron chi connectivity index (χ2n) is 3.01. The largest absolute Gasteiger partial charge is 0.444 e. The number of hydrogen-bond acceptors (Lipinski definition) is 3. The lowest BCUT2D eigenvalue weighted by Gasteiger charge is -2.11. The smallest absolute Gasteiger partial charge is 0.190 e. The van der Waals surface area contributed by atoms with E-state index in [2.05, 4.69) is 0 Å². The summed E-state index contributed by atoms with van der Waals surface area (Å²) in [5.41, 5.74) is 11.2. The highest BCUT2D eigenvalue weighted by Crippen LogP contribution is 2.21. The number of furan rings is 1. The van der Waals surface area contributed by atoms with E-state index in [0.717, 1.165) is 5.76 Å². The van der Waals surface area contributed by atoms with Crippen molar-refractivity contribution in [2.24, 2.45) is 11.7 Å². The van der Waals surface area contributed by atoms with Crippen molar-refractivity contribution in [3.05, 3.63) is 17.9 Å². The third-order valence-corrected chi connectivity index (χ3v) is 1.69. The second-order valence-corrected chi connectivity index (χ2v) is 3.01. The normalized spacial score (nSPS) is 13.8. The molecule has 0 saturated heterocycles. The first-order valence-electron chi connectivity index (χ1n) is 3.72. The Bertz CT molecular complexity index is 230.